The highest BCUT2D eigenvalue weighted by molar-refractivity contribution is 5.88. The van der Waals surface area contributed by atoms with Crippen molar-refractivity contribution < 1.29 is 9.53 Å². The number of carbonyl (C=O) groups is 1. The second-order valence-corrected chi connectivity index (χ2v) is 5.07. The van der Waals surface area contributed by atoms with Crippen LogP contribution in [0.4, 0.5) is 5.69 Å². The maximum absolute atomic E-state index is 11.8. The number of hydrogen-bond acceptors (Lipinski definition) is 3. The van der Waals surface area contributed by atoms with Crippen molar-refractivity contribution in [2.24, 2.45) is 5.73 Å². The Morgan fingerprint density at radius 2 is 2.11 bits per heavy atom. The Bertz CT molecular complexity index is 430. The molecule has 2 atom stereocenters. The third-order valence-corrected chi connectivity index (χ3v) is 3.47. The van der Waals surface area contributed by atoms with Gasteiger partial charge in [-0.2, -0.15) is 0 Å². The summed E-state index contributed by atoms with van der Waals surface area (Å²) in [5.41, 5.74) is 7.01. The first-order valence-electron chi connectivity index (χ1n) is 6.28. The van der Waals surface area contributed by atoms with Crippen LogP contribution >= 0.6 is 0 Å². The average molecular weight is 248 g/mol. The molecule has 98 valence electrons. The van der Waals surface area contributed by atoms with E-state index >= 15 is 0 Å². The van der Waals surface area contributed by atoms with Crippen LogP contribution in [0, 0.1) is 6.92 Å². The molecule has 0 aromatic heterocycles. The summed E-state index contributed by atoms with van der Waals surface area (Å²) >= 11 is 0. The number of benzene rings is 1. The molecule has 1 aromatic carbocycles. The lowest BCUT2D eigenvalue weighted by Gasteiger charge is -2.38. The Labute approximate surface area is 108 Å². The van der Waals surface area contributed by atoms with Crippen molar-refractivity contribution in [3.63, 3.8) is 0 Å². The molecule has 2 rings (SSSR count). The van der Waals surface area contributed by atoms with Crippen LogP contribution in [0.5, 0.6) is 0 Å². The van der Waals surface area contributed by atoms with E-state index in [1.54, 1.807) is 0 Å². The smallest absolute Gasteiger partial charge is 0.243 e. The van der Waals surface area contributed by atoms with E-state index in [9.17, 15) is 4.79 Å². The van der Waals surface area contributed by atoms with Gasteiger partial charge in [0, 0.05) is 25.1 Å². The van der Waals surface area contributed by atoms with E-state index in [2.05, 4.69) is 5.32 Å². The molecule has 0 aliphatic carbocycles. The fourth-order valence-corrected chi connectivity index (χ4v) is 2.40. The maximum Gasteiger partial charge on any atom is 0.243 e. The van der Waals surface area contributed by atoms with Gasteiger partial charge in [0.1, 0.15) is 5.54 Å². The summed E-state index contributed by atoms with van der Waals surface area (Å²) in [6, 6.07) is 7.97. The van der Waals surface area contributed by atoms with Crippen molar-refractivity contribution in [3.05, 3.63) is 29.8 Å². The first-order valence-corrected chi connectivity index (χ1v) is 6.28. The molecule has 4 nitrogen and oxygen atoms in total. The second kappa shape index (κ2) is 4.98. The van der Waals surface area contributed by atoms with Crippen molar-refractivity contribution in [1.29, 1.82) is 0 Å². The second-order valence-electron chi connectivity index (χ2n) is 5.07. The van der Waals surface area contributed by atoms with E-state index in [1.807, 2.05) is 38.1 Å². The van der Waals surface area contributed by atoms with Crippen molar-refractivity contribution in [2.75, 3.05) is 11.9 Å². The zero-order valence-electron chi connectivity index (χ0n) is 10.9. The lowest BCUT2D eigenvalue weighted by molar-refractivity contribution is -0.127. The maximum atomic E-state index is 11.8. The quantitative estimate of drug-likeness (QED) is 0.857. The molecule has 0 spiro atoms. The first-order chi connectivity index (χ1) is 8.52. The zero-order chi connectivity index (χ0) is 13.2. The minimum Gasteiger partial charge on any atom is -0.378 e. The number of carbonyl (C=O) groups excluding carboxylic acids is 1. The van der Waals surface area contributed by atoms with Crippen molar-refractivity contribution in [2.45, 2.75) is 38.3 Å². The van der Waals surface area contributed by atoms with Gasteiger partial charge in [0.25, 0.3) is 0 Å². The Kier molecular flexibility index (Phi) is 3.57. The molecule has 1 saturated heterocycles. The number of primary amides is 1. The molecule has 1 heterocycles. The van der Waals surface area contributed by atoms with Crippen LogP contribution in [0.2, 0.25) is 0 Å². The standard InChI is InChI=1S/C14H20N2O2/c1-10-3-5-12(6-4-10)16-14(13(15)17)7-8-18-11(2)9-14/h3-6,11,16H,7-9H2,1-2H3,(H2,15,17). The molecule has 2 unspecified atom stereocenters. The lowest BCUT2D eigenvalue weighted by atomic mass is 9.86. The largest absolute Gasteiger partial charge is 0.378 e. The summed E-state index contributed by atoms with van der Waals surface area (Å²) in [5, 5.41) is 3.30. The highest BCUT2D eigenvalue weighted by Gasteiger charge is 2.40. The highest BCUT2D eigenvalue weighted by atomic mass is 16.5. The Balaban J connectivity index is 2.20. The molecular weight excluding hydrogens is 228 g/mol. The van der Waals surface area contributed by atoms with Gasteiger partial charge in [-0.1, -0.05) is 17.7 Å². The lowest BCUT2D eigenvalue weighted by Crippen LogP contribution is -2.55. The minimum absolute atomic E-state index is 0.0456. The minimum atomic E-state index is -0.688. The summed E-state index contributed by atoms with van der Waals surface area (Å²) in [6.07, 6.45) is 1.26. The molecule has 1 aliphatic rings. The fraction of sp³-hybridized carbons (Fsp3) is 0.500. The van der Waals surface area contributed by atoms with Gasteiger partial charge in [0.05, 0.1) is 6.10 Å². The molecule has 1 aromatic rings. The topological polar surface area (TPSA) is 64.3 Å². The van der Waals surface area contributed by atoms with Gasteiger partial charge in [0.2, 0.25) is 5.91 Å². The third kappa shape index (κ3) is 2.64. The molecule has 0 radical (unpaired) electrons. The highest BCUT2D eigenvalue weighted by Crippen LogP contribution is 2.29. The molecule has 18 heavy (non-hydrogen) atoms. The fourth-order valence-electron chi connectivity index (χ4n) is 2.40. The molecule has 1 fully saturated rings. The summed E-state index contributed by atoms with van der Waals surface area (Å²) in [5.74, 6) is -0.307. The van der Waals surface area contributed by atoms with Crippen LogP contribution < -0.4 is 11.1 Å². The predicted molar refractivity (Wildman–Crippen MR) is 71.4 cm³/mol. The predicted octanol–water partition coefficient (Wildman–Crippen LogP) is 1.83. The number of nitrogens with one attached hydrogen (secondary N) is 1. The normalized spacial score (nSPS) is 27.8. The van der Waals surface area contributed by atoms with E-state index in [0.717, 1.165) is 5.69 Å². The number of nitrogens with two attached hydrogens (primary N) is 1. The average Bonchev–Trinajstić information content (AvgIpc) is 2.32. The number of rotatable bonds is 3. The van der Waals surface area contributed by atoms with Crippen LogP contribution in [0.15, 0.2) is 24.3 Å². The van der Waals surface area contributed by atoms with E-state index in [-0.39, 0.29) is 12.0 Å². The van der Waals surface area contributed by atoms with Gasteiger partial charge in [-0.15, -0.1) is 0 Å². The SMILES string of the molecule is Cc1ccc(NC2(C(N)=O)CCOC(C)C2)cc1. The number of ether oxygens (including phenoxy) is 1. The Morgan fingerprint density at radius 1 is 1.44 bits per heavy atom. The van der Waals surface area contributed by atoms with Crippen molar-refractivity contribution in [1.82, 2.24) is 0 Å². The zero-order valence-corrected chi connectivity index (χ0v) is 10.9. The van der Waals surface area contributed by atoms with Gasteiger partial charge in [-0.3, -0.25) is 4.79 Å². The van der Waals surface area contributed by atoms with Gasteiger partial charge in [0.15, 0.2) is 0 Å². The molecule has 0 bridgehead atoms. The number of hydrogen-bond donors (Lipinski definition) is 2. The Hall–Kier alpha value is -1.55. The number of amides is 1. The number of anilines is 1. The van der Waals surface area contributed by atoms with Gasteiger partial charge < -0.3 is 15.8 Å². The molecule has 3 N–H and O–H groups in total. The van der Waals surface area contributed by atoms with Gasteiger partial charge in [-0.25, -0.2) is 0 Å². The van der Waals surface area contributed by atoms with Crippen LogP contribution in [0.3, 0.4) is 0 Å². The van der Waals surface area contributed by atoms with E-state index in [1.165, 1.54) is 5.56 Å². The van der Waals surface area contributed by atoms with Crippen molar-refractivity contribution >= 4 is 11.6 Å². The summed E-state index contributed by atoms with van der Waals surface area (Å²) < 4.78 is 5.49. The monoisotopic (exact) mass is 248 g/mol. The number of aryl methyl sites for hydroxylation is 1. The molecule has 0 saturated carbocycles. The van der Waals surface area contributed by atoms with Crippen molar-refractivity contribution in [3.8, 4) is 0 Å². The molecule has 4 heteroatoms. The van der Waals surface area contributed by atoms with E-state index in [0.29, 0.717) is 19.4 Å². The summed E-state index contributed by atoms with van der Waals surface area (Å²) in [7, 11) is 0. The first kappa shape index (κ1) is 12.9. The van der Waals surface area contributed by atoms with Gasteiger partial charge >= 0.3 is 0 Å². The van der Waals surface area contributed by atoms with E-state index in [4.69, 9.17) is 10.5 Å². The van der Waals surface area contributed by atoms with Crippen LogP contribution in [-0.2, 0) is 9.53 Å². The van der Waals surface area contributed by atoms with Crippen LogP contribution in [0.25, 0.3) is 0 Å². The Morgan fingerprint density at radius 3 is 2.67 bits per heavy atom. The summed E-state index contributed by atoms with van der Waals surface area (Å²) in [4.78, 5) is 11.8. The summed E-state index contributed by atoms with van der Waals surface area (Å²) in [6.45, 7) is 4.56. The van der Waals surface area contributed by atoms with Crippen LogP contribution in [-0.4, -0.2) is 24.2 Å². The molecular formula is C14H20N2O2. The molecule has 1 aliphatic heterocycles. The van der Waals surface area contributed by atoms with Gasteiger partial charge in [-0.05, 0) is 26.0 Å². The van der Waals surface area contributed by atoms with E-state index < -0.39 is 5.54 Å². The third-order valence-electron chi connectivity index (χ3n) is 3.47. The van der Waals surface area contributed by atoms with Crippen LogP contribution in [0.1, 0.15) is 25.3 Å². The molecule has 1 amide bonds.